The molecule has 2 bridgehead atoms. The van der Waals surface area contributed by atoms with Crippen molar-refractivity contribution in [3.05, 3.63) is 0 Å². The SMILES string of the molecule is C1CC(NCC23CCC(CC2)C3)CO1. The third-order valence-electron chi connectivity index (χ3n) is 4.58. The predicted molar refractivity (Wildman–Crippen MR) is 56.2 cm³/mol. The molecule has 80 valence electrons. The Bertz CT molecular complexity index is 202. The van der Waals surface area contributed by atoms with E-state index in [1.54, 1.807) is 0 Å². The van der Waals surface area contributed by atoms with E-state index in [-0.39, 0.29) is 0 Å². The number of nitrogens with one attached hydrogen (secondary N) is 1. The van der Waals surface area contributed by atoms with Gasteiger partial charge in [-0.1, -0.05) is 0 Å². The molecule has 3 aliphatic rings. The summed E-state index contributed by atoms with van der Waals surface area (Å²) in [6, 6.07) is 0.657. The van der Waals surface area contributed by atoms with Gasteiger partial charge in [-0.05, 0) is 49.9 Å². The molecule has 2 nitrogen and oxygen atoms in total. The maximum Gasteiger partial charge on any atom is 0.0620 e. The summed E-state index contributed by atoms with van der Waals surface area (Å²) in [6.45, 7) is 3.17. The van der Waals surface area contributed by atoms with E-state index in [9.17, 15) is 0 Å². The summed E-state index contributed by atoms with van der Waals surface area (Å²) in [5, 5.41) is 3.72. The molecule has 1 heterocycles. The minimum Gasteiger partial charge on any atom is -0.380 e. The van der Waals surface area contributed by atoms with Crippen LogP contribution >= 0.6 is 0 Å². The van der Waals surface area contributed by atoms with Crippen molar-refractivity contribution in [3.63, 3.8) is 0 Å². The van der Waals surface area contributed by atoms with E-state index >= 15 is 0 Å². The molecule has 0 aromatic rings. The Balaban J connectivity index is 1.51. The van der Waals surface area contributed by atoms with E-state index in [2.05, 4.69) is 5.32 Å². The highest BCUT2D eigenvalue weighted by Gasteiger charge is 2.44. The van der Waals surface area contributed by atoms with Crippen LogP contribution in [0.2, 0.25) is 0 Å². The van der Waals surface area contributed by atoms with Gasteiger partial charge >= 0.3 is 0 Å². The molecule has 1 N–H and O–H groups in total. The summed E-state index contributed by atoms with van der Waals surface area (Å²) in [5.74, 6) is 1.08. The molecule has 14 heavy (non-hydrogen) atoms. The molecule has 2 saturated carbocycles. The zero-order valence-electron chi connectivity index (χ0n) is 8.93. The first-order valence-corrected chi connectivity index (χ1v) is 6.18. The molecular formula is C12H21NO. The maximum absolute atomic E-state index is 5.39. The first-order chi connectivity index (χ1) is 6.86. The zero-order chi connectivity index (χ0) is 9.43. The van der Waals surface area contributed by atoms with Crippen molar-refractivity contribution in [2.75, 3.05) is 19.8 Å². The molecule has 2 aliphatic carbocycles. The van der Waals surface area contributed by atoms with Crippen LogP contribution < -0.4 is 5.32 Å². The molecule has 1 unspecified atom stereocenters. The number of hydrogen-bond donors (Lipinski definition) is 1. The highest BCUT2D eigenvalue weighted by molar-refractivity contribution is 4.97. The Morgan fingerprint density at radius 1 is 1.21 bits per heavy atom. The monoisotopic (exact) mass is 195 g/mol. The lowest BCUT2D eigenvalue weighted by molar-refractivity contribution is 0.185. The highest BCUT2D eigenvalue weighted by Crippen LogP contribution is 2.53. The predicted octanol–water partition coefficient (Wildman–Crippen LogP) is 1.95. The zero-order valence-corrected chi connectivity index (χ0v) is 8.93. The lowest BCUT2D eigenvalue weighted by atomic mass is 9.84. The molecule has 1 saturated heterocycles. The summed E-state index contributed by atoms with van der Waals surface area (Å²) in [7, 11) is 0. The average Bonchev–Trinajstić information content (AvgIpc) is 2.93. The normalized spacial score (nSPS) is 46.3. The van der Waals surface area contributed by atoms with E-state index in [4.69, 9.17) is 4.74 Å². The van der Waals surface area contributed by atoms with Crippen molar-refractivity contribution in [2.24, 2.45) is 11.3 Å². The van der Waals surface area contributed by atoms with Gasteiger partial charge in [-0.25, -0.2) is 0 Å². The van der Waals surface area contributed by atoms with Crippen LogP contribution in [0.1, 0.15) is 38.5 Å². The number of rotatable bonds is 3. The second kappa shape index (κ2) is 3.49. The van der Waals surface area contributed by atoms with E-state index in [1.807, 2.05) is 0 Å². The van der Waals surface area contributed by atoms with E-state index < -0.39 is 0 Å². The largest absolute Gasteiger partial charge is 0.380 e. The number of ether oxygens (including phenoxy) is 1. The lowest BCUT2D eigenvalue weighted by Gasteiger charge is -2.28. The second-order valence-electron chi connectivity index (χ2n) is 5.59. The van der Waals surface area contributed by atoms with Crippen LogP contribution in [0.15, 0.2) is 0 Å². The molecule has 1 aliphatic heterocycles. The number of hydrogen-bond acceptors (Lipinski definition) is 2. The van der Waals surface area contributed by atoms with Gasteiger partial charge in [0.05, 0.1) is 6.61 Å². The third kappa shape index (κ3) is 1.59. The van der Waals surface area contributed by atoms with Crippen LogP contribution in [-0.4, -0.2) is 25.8 Å². The van der Waals surface area contributed by atoms with Crippen LogP contribution in [0.5, 0.6) is 0 Å². The van der Waals surface area contributed by atoms with Crippen LogP contribution in [0.25, 0.3) is 0 Å². The maximum atomic E-state index is 5.39. The summed E-state index contributed by atoms with van der Waals surface area (Å²) in [4.78, 5) is 0. The van der Waals surface area contributed by atoms with Gasteiger partial charge in [-0.3, -0.25) is 0 Å². The Morgan fingerprint density at radius 2 is 2.07 bits per heavy atom. The molecule has 0 spiro atoms. The third-order valence-corrected chi connectivity index (χ3v) is 4.58. The molecule has 2 heteroatoms. The Labute approximate surface area is 86.4 Å². The van der Waals surface area contributed by atoms with Crippen molar-refractivity contribution in [1.82, 2.24) is 5.32 Å². The molecule has 0 amide bonds. The molecule has 3 rings (SSSR count). The molecular weight excluding hydrogens is 174 g/mol. The van der Waals surface area contributed by atoms with Crippen molar-refractivity contribution < 1.29 is 4.74 Å². The molecule has 3 fully saturated rings. The molecule has 0 radical (unpaired) electrons. The fourth-order valence-electron chi connectivity index (χ4n) is 3.62. The van der Waals surface area contributed by atoms with Gasteiger partial charge in [0.2, 0.25) is 0 Å². The minimum absolute atomic E-state index is 0.657. The molecule has 0 aromatic carbocycles. The van der Waals surface area contributed by atoms with Gasteiger partial charge in [-0.15, -0.1) is 0 Å². The smallest absolute Gasteiger partial charge is 0.0620 e. The highest BCUT2D eigenvalue weighted by atomic mass is 16.5. The van der Waals surface area contributed by atoms with Gasteiger partial charge in [0.15, 0.2) is 0 Å². The van der Waals surface area contributed by atoms with Crippen LogP contribution in [0.3, 0.4) is 0 Å². The van der Waals surface area contributed by atoms with Crippen molar-refractivity contribution >= 4 is 0 Å². The van der Waals surface area contributed by atoms with Gasteiger partial charge in [0.1, 0.15) is 0 Å². The topological polar surface area (TPSA) is 21.3 Å². The van der Waals surface area contributed by atoms with Crippen molar-refractivity contribution in [1.29, 1.82) is 0 Å². The van der Waals surface area contributed by atoms with E-state index in [1.165, 1.54) is 45.1 Å². The Kier molecular flexibility index (Phi) is 2.29. The lowest BCUT2D eigenvalue weighted by Crippen LogP contribution is -2.38. The summed E-state index contributed by atoms with van der Waals surface area (Å²) in [5.41, 5.74) is 0.702. The quantitative estimate of drug-likeness (QED) is 0.743. The first kappa shape index (κ1) is 9.17. The van der Waals surface area contributed by atoms with Crippen LogP contribution in [0, 0.1) is 11.3 Å². The Morgan fingerprint density at radius 3 is 2.64 bits per heavy atom. The first-order valence-electron chi connectivity index (χ1n) is 6.18. The van der Waals surface area contributed by atoms with Crippen molar-refractivity contribution in [2.45, 2.75) is 44.6 Å². The fraction of sp³-hybridized carbons (Fsp3) is 1.00. The van der Waals surface area contributed by atoms with E-state index in [0.29, 0.717) is 11.5 Å². The summed E-state index contributed by atoms with van der Waals surface area (Å²) in [6.07, 6.45) is 8.70. The van der Waals surface area contributed by atoms with Gasteiger partial charge in [0, 0.05) is 19.2 Å². The Hall–Kier alpha value is -0.0800. The molecule has 1 atom stereocenters. The summed E-state index contributed by atoms with van der Waals surface area (Å²) < 4.78 is 5.39. The van der Waals surface area contributed by atoms with Crippen molar-refractivity contribution in [3.8, 4) is 0 Å². The minimum atomic E-state index is 0.657. The van der Waals surface area contributed by atoms with Crippen LogP contribution in [-0.2, 0) is 4.74 Å². The summed E-state index contributed by atoms with van der Waals surface area (Å²) >= 11 is 0. The average molecular weight is 195 g/mol. The molecule has 0 aromatic heterocycles. The van der Waals surface area contributed by atoms with Gasteiger partial charge < -0.3 is 10.1 Å². The second-order valence-corrected chi connectivity index (χ2v) is 5.59. The standard InChI is InChI=1S/C12H21NO/c1-4-12(5-2-10(1)7-12)9-13-11-3-6-14-8-11/h10-11,13H,1-9H2. The van der Waals surface area contributed by atoms with E-state index in [0.717, 1.165) is 19.1 Å². The van der Waals surface area contributed by atoms with Crippen LogP contribution in [0.4, 0.5) is 0 Å². The fourth-order valence-corrected chi connectivity index (χ4v) is 3.62. The van der Waals surface area contributed by atoms with Gasteiger partial charge in [0.25, 0.3) is 0 Å². The van der Waals surface area contributed by atoms with Gasteiger partial charge in [-0.2, -0.15) is 0 Å². The number of fused-ring (bicyclic) bond motifs is 2.